The van der Waals surface area contributed by atoms with E-state index in [1.54, 1.807) is 0 Å². The molecular weight excluding hydrogens is 360 g/mol. The van der Waals surface area contributed by atoms with E-state index in [0.717, 1.165) is 29.3 Å². The maximum absolute atomic E-state index is 11.9. The van der Waals surface area contributed by atoms with Gasteiger partial charge in [0.1, 0.15) is 11.5 Å². The van der Waals surface area contributed by atoms with Gasteiger partial charge in [-0.2, -0.15) is 0 Å². The van der Waals surface area contributed by atoms with Crippen molar-refractivity contribution in [3.05, 3.63) is 35.7 Å². The van der Waals surface area contributed by atoms with Gasteiger partial charge in [0, 0.05) is 19.1 Å². The molecule has 0 aliphatic carbocycles. The maximum Gasteiger partial charge on any atom is 0.307 e. The Bertz CT molecular complexity index is 789. The largest absolute Gasteiger partial charge is 0.493 e. The van der Waals surface area contributed by atoms with E-state index in [2.05, 4.69) is 4.90 Å². The lowest BCUT2D eigenvalue weighted by Gasteiger charge is -2.34. The zero-order valence-corrected chi connectivity index (χ0v) is 16.8. The standard InChI is InChI=1S/C21H28N2O5/c1-4-26-19-9-7-6-8-17(19)21-22-18(15(3)28-21)13-23-10-11-25-14-16(23)12-20(24)27-5-2/h6-9,16H,4-5,10-14H2,1-3H3/t16-/m1/s1. The lowest BCUT2D eigenvalue weighted by Crippen LogP contribution is -2.46. The molecule has 0 unspecified atom stereocenters. The molecule has 0 amide bonds. The number of oxazole rings is 1. The molecule has 0 radical (unpaired) electrons. The Hall–Kier alpha value is -2.38. The Kier molecular flexibility index (Phi) is 7.06. The minimum Gasteiger partial charge on any atom is -0.493 e. The summed E-state index contributed by atoms with van der Waals surface area (Å²) < 4.78 is 22.3. The molecular formula is C21H28N2O5. The average Bonchev–Trinajstić information content (AvgIpc) is 3.04. The molecule has 0 saturated carbocycles. The van der Waals surface area contributed by atoms with E-state index in [0.29, 0.717) is 45.3 Å². The third kappa shape index (κ3) is 4.91. The van der Waals surface area contributed by atoms with Gasteiger partial charge in [-0.1, -0.05) is 12.1 Å². The molecule has 2 heterocycles. The van der Waals surface area contributed by atoms with Crippen LogP contribution in [0.25, 0.3) is 11.5 Å². The maximum atomic E-state index is 11.9. The predicted molar refractivity (Wildman–Crippen MR) is 104 cm³/mol. The fourth-order valence-electron chi connectivity index (χ4n) is 3.30. The Morgan fingerprint density at radius 2 is 2.11 bits per heavy atom. The molecule has 152 valence electrons. The summed E-state index contributed by atoms with van der Waals surface area (Å²) >= 11 is 0. The van der Waals surface area contributed by atoms with Crippen molar-refractivity contribution in [2.75, 3.05) is 33.0 Å². The first-order valence-corrected chi connectivity index (χ1v) is 9.78. The molecule has 3 rings (SSSR count). The average molecular weight is 388 g/mol. The van der Waals surface area contributed by atoms with E-state index in [9.17, 15) is 4.79 Å². The van der Waals surface area contributed by atoms with Crippen LogP contribution in [-0.4, -0.2) is 54.9 Å². The second-order valence-electron chi connectivity index (χ2n) is 6.66. The first-order chi connectivity index (χ1) is 13.6. The number of ether oxygens (including phenoxy) is 3. The van der Waals surface area contributed by atoms with Gasteiger partial charge in [-0.3, -0.25) is 9.69 Å². The number of aromatic nitrogens is 1. The molecule has 0 bridgehead atoms. The molecule has 1 aliphatic rings. The number of hydrogen-bond donors (Lipinski definition) is 0. The van der Waals surface area contributed by atoms with Gasteiger partial charge < -0.3 is 18.6 Å². The molecule has 0 N–H and O–H groups in total. The summed E-state index contributed by atoms with van der Waals surface area (Å²) in [5.41, 5.74) is 1.70. The number of rotatable bonds is 8. The number of carbonyl (C=O) groups excluding carboxylic acids is 1. The highest BCUT2D eigenvalue weighted by Gasteiger charge is 2.28. The van der Waals surface area contributed by atoms with Crippen LogP contribution < -0.4 is 4.74 Å². The minimum atomic E-state index is -0.203. The lowest BCUT2D eigenvalue weighted by molar-refractivity contribution is -0.146. The van der Waals surface area contributed by atoms with Crippen molar-refractivity contribution >= 4 is 5.97 Å². The number of nitrogens with zero attached hydrogens (tertiary/aromatic N) is 2. The van der Waals surface area contributed by atoms with Gasteiger partial charge in [-0.15, -0.1) is 0 Å². The third-order valence-corrected chi connectivity index (χ3v) is 4.72. The summed E-state index contributed by atoms with van der Waals surface area (Å²) in [5, 5.41) is 0. The quantitative estimate of drug-likeness (QED) is 0.643. The highest BCUT2D eigenvalue weighted by molar-refractivity contribution is 5.70. The van der Waals surface area contributed by atoms with Gasteiger partial charge in [-0.05, 0) is 32.9 Å². The molecule has 1 atom stereocenters. The topological polar surface area (TPSA) is 74.0 Å². The van der Waals surface area contributed by atoms with Crippen LogP contribution in [0.4, 0.5) is 0 Å². The van der Waals surface area contributed by atoms with E-state index in [-0.39, 0.29) is 12.0 Å². The van der Waals surface area contributed by atoms with Crippen LogP contribution in [0.2, 0.25) is 0 Å². The molecule has 0 spiro atoms. The zero-order valence-electron chi connectivity index (χ0n) is 16.8. The predicted octanol–water partition coefficient (Wildman–Crippen LogP) is 3.20. The van der Waals surface area contributed by atoms with Crippen molar-refractivity contribution in [3.63, 3.8) is 0 Å². The van der Waals surface area contributed by atoms with Crippen LogP contribution >= 0.6 is 0 Å². The molecule has 1 aromatic heterocycles. The van der Waals surface area contributed by atoms with Crippen LogP contribution in [-0.2, 0) is 20.8 Å². The van der Waals surface area contributed by atoms with E-state index in [1.807, 2.05) is 45.0 Å². The number of aryl methyl sites for hydroxylation is 1. The van der Waals surface area contributed by atoms with Crippen LogP contribution in [0.5, 0.6) is 5.75 Å². The summed E-state index contributed by atoms with van der Waals surface area (Å²) in [7, 11) is 0. The smallest absolute Gasteiger partial charge is 0.307 e. The Balaban J connectivity index is 1.76. The first-order valence-electron chi connectivity index (χ1n) is 9.78. The molecule has 28 heavy (non-hydrogen) atoms. The fraction of sp³-hybridized carbons (Fsp3) is 0.524. The highest BCUT2D eigenvalue weighted by Crippen LogP contribution is 2.31. The van der Waals surface area contributed by atoms with Gasteiger partial charge >= 0.3 is 5.97 Å². The van der Waals surface area contributed by atoms with E-state index >= 15 is 0 Å². The summed E-state index contributed by atoms with van der Waals surface area (Å²) in [6.45, 7) is 9.12. The number of carbonyl (C=O) groups is 1. The molecule has 7 heteroatoms. The normalized spacial score (nSPS) is 17.5. The number of para-hydroxylation sites is 1. The Morgan fingerprint density at radius 3 is 2.89 bits per heavy atom. The van der Waals surface area contributed by atoms with Crippen LogP contribution in [0.15, 0.2) is 28.7 Å². The van der Waals surface area contributed by atoms with Crippen LogP contribution in [0.1, 0.15) is 31.7 Å². The van der Waals surface area contributed by atoms with Crippen molar-refractivity contribution < 1.29 is 23.4 Å². The Morgan fingerprint density at radius 1 is 1.29 bits per heavy atom. The molecule has 1 fully saturated rings. The zero-order chi connectivity index (χ0) is 19.9. The molecule has 7 nitrogen and oxygen atoms in total. The summed E-state index contributed by atoms with van der Waals surface area (Å²) in [4.78, 5) is 18.8. The first kappa shape index (κ1) is 20.4. The number of benzene rings is 1. The van der Waals surface area contributed by atoms with Crippen LogP contribution in [0.3, 0.4) is 0 Å². The summed E-state index contributed by atoms with van der Waals surface area (Å²) in [6, 6.07) is 7.70. The fourth-order valence-corrected chi connectivity index (χ4v) is 3.30. The van der Waals surface area contributed by atoms with Crippen molar-refractivity contribution in [2.45, 2.75) is 39.8 Å². The van der Waals surface area contributed by atoms with Gasteiger partial charge in [0.25, 0.3) is 0 Å². The van der Waals surface area contributed by atoms with Gasteiger partial charge in [0.2, 0.25) is 5.89 Å². The van der Waals surface area contributed by atoms with E-state index < -0.39 is 0 Å². The lowest BCUT2D eigenvalue weighted by atomic mass is 10.1. The van der Waals surface area contributed by atoms with E-state index in [4.69, 9.17) is 23.6 Å². The molecule has 1 aliphatic heterocycles. The third-order valence-electron chi connectivity index (χ3n) is 4.72. The van der Waals surface area contributed by atoms with Gasteiger partial charge in [0.05, 0.1) is 44.1 Å². The van der Waals surface area contributed by atoms with Crippen molar-refractivity contribution in [1.82, 2.24) is 9.88 Å². The highest BCUT2D eigenvalue weighted by atomic mass is 16.5. The summed E-state index contributed by atoms with van der Waals surface area (Å²) in [5.74, 6) is 1.87. The minimum absolute atomic E-state index is 0.0249. The van der Waals surface area contributed by atoms with Crippen molar-refractivity contribution in [1.29, 1.82) is 0 Å². The second-order valence-corrected chi connectivity index (χ2v) is 6.66. The number of morpholine rings is 1. The second kappa shape index (κ2) is 9.71. The van der Waals surface area contributed by atoms with Crippen LogP contribution in [0, 0.1) is 6.92 Å². The monoisotopic (exact) mass is 388 g/mol. The number of esters is 1. The van der Waals surface area contributed by atoms with E-state index in [1.165, 1.54) is 0 Å². The summed E-state index contributed by atoms with van der Waals surface area (Å²) in [6.07, 6.45) is 0.310. The van der Waals surface area contributed by atoms with Gasteiger partial charge in [0.15, 0.2) is 0 Å². The SMILES string of the molecule is CCOC(=O)C[C@@H]1COCCN1Cc1nc(-c2ccccc2OCC)oc1C. The molecule has 1 aromatic carbocycles. The molecule has 1 saturated heterocycles. The Labute approximate surface area is 165 Å². The molecule has 2 aromatic rings. The number of hydrogen-bond acceptors (Lipinski definition) is 7. The van der Waals surface area contributed by atoms with Gasteiger partial charge in [-0.25, -0.2) is 4.98 Å². The van der Waals surface area contributed by atoms with Crippen molar-refractivity contribution in [3.8, 4) is 17.2 Å². The van der Waals surface area contributed by atoms with Crippen molar-refractivity contribution in [2.24, 2.45) is 0 Å².